The van der Waals surface area contributed by atoms with E-state index < -0.39 is 16.8 Å². The molecule has 0 aliphatic rings. The molecular weight excluding hydrogens is 316 g/mol. The van der Waals surface area contributed by atoms with Crippen LogP contribution < -0.4 is 10.6 Å². The normalized spacial score (nSPS) is 12.5. The van der Waals surface area contributed by atoms with Gasteiger partial charge in [-0.05, 0) is 44.9 Å². The van der Waals surface area contributed by atoms with Crippen LogP contribution in [0.25, 0.3) is 0 Å². The maximum Gasteiger partial charge on any atom is 0.319 e. The van der Waals surface area contributed by atoms with Crippen LogP contribution in [0.3, 0.4) is 0 Å². The highest BCUT2D eigenvalue weighted by molar-refractivity contribution is 7.85. The number of nitrogens with one attached hydrogen (secondary N) is 2. The van der Waals surface area contributed by atoms with Gasteiger partial charge >= 0.3 is 12.0 Å². The van der Waals surface area contributed by atoms with Crippen LogP contribution in [0.15, 0.2) is 24.3 Å². The fraction of sp³-hybridized carbons (Fsp3) is 0.500. The molecule has 0 bridgehead atoms. The van der Waals surface area contributed by atoms with Gasteiger partial charge in [0.1, 0.15) is 0 Å². The summed E-state index contributed by atoms with van der Waals surface area (Å²) in [6, 6.07) is 6.83. The molecule has 0 aliphatic carbocycles. The molecule has 1 rings (SSSR count). The Labute approximate surface area is 139 Å². The van der Waals surface area contributed by atoms with Crippen molar-refractivity contribution in [2.45, 2.75) is 44.1 Å². The summed E-state index contributed by atoms with van der Waals surface area (Å²) in [5, 5.41) is 13.8. The van der Waals surface area contributed by atoms with Gasteiger partial charge in [0, 0.05) is 40.0 Å². The molecule has 1 aromatic rings. The summed E-state index contributed by atoms with van der Waals surface area (Å²) in [6.07, 6.45) is 0.405. The Balaban J connectivity index is 2.52. The van der Waals surface area contributed by atoms with Crippen LogP contribution >= 0.6 is 0 Å². The van der Waals surface area contributed by atoms with Crippen molar-refractivity contribution in [3.8, 4) is 0 Å². The molecule has 0 aliphatic heterocycles. The largest absolute Gasteiger partial charge is 0.481 e. The number of rotatable bonds is 7. The highest BCUT2D eigenvalue weighted by Gasteiger charge is 2.19. The van der Waals surface area contributed by atoms with E-state index in [1.165, 1.54) is 0 Å². The van der Waals surface area contributed by atoms with Gasteiger partial charge in [0.2, 0.25) is 0 Å². The van der Waals surface area contributed by atoms with Crippen LogP contribution in [0.5, 0.6) is 0 Å². The van der Waals surface area contributed by atoms with Crippen LogP contribution in [0, 0.1) is 0 Å². The number of carbonyl (C=O) groups excluding carboxylic acids is 1. The van der Waals surface area contributed by atoms with Gasteiger partial charge in [0.25, 0.3) is 0 Å². The second-order valence-electron chi connectivity index (χ2n) is 6.18. The molecule has 0 fully saturated rings. The number of amides is 2. The zero-order chi connectivity index (χ0) is 17.5. The number of anilines is 1. The Kier molecular flexibility index (Phi) is 7.22. The highest BCUT2D eigenvalue weighted by atomic mass is 32.2. The molecule has 6 nitrogen and oxygen atoms in total. The molecule has 1 atom stereocenters. The Morgan fingerprint density at radius 2 is 1.96 bits per heavy atom. The Bertz CT molecular complexity index is 582. The van der Waals surface area contributed by atoms with Crippen molar-refractivity contribution in [3.63, 3.8) is 0 Å². The summed E-state index contributed by atoms with van der Waals surface area (Å²) in [5.41, 5.74) is 1.51. The lowest BCUT2D eigenvalue weighted by atomic mass is 10.2. The quantitative estimate of drug-likeness (QED) is 0.665. The van der Waals surface area contributed by atoms with E-state index in [9.17, 15) is 13.8 Å². The smallest absolute Gasteiger partial charge is 0.319 e. The van der Waals surface area contributed by atoms with E-state index in [-0.39, 0.29) is 17.2 Å². The molecule has 2 amide bonds. The van der Waals surface area contributed by atoms with Crippen molar-refractivity contribution in [1.82, 2.24) is 5.32 Å². The van der Waals surface area contributed by atoms with E-state index in [1.54, 1.807) is 18.2 Å². The van der Waals surface area contributed by atoms with E-state index in [4.69, 9.17) is 5.11 Å². The first-order valence-electron chi connectivity index (χ1n) is 7.42. The van der Waals surface area contributed by atoms with Crippen molar-refractivity contribution >= 4 is 28.5 Å². The van der Waals surface area contributed by atoms with Crippen LogP contribution in [0.4, 0.5) is 10.5 Å². The maximum absolute atomic E-state index is 12.2. The molecule has 7 heteroatoms. The van der Waals surface area contributed by atoms with Gasteiger partial charge < -0.3 is 15.7 Å². The predicted octanol–water partition coefficient (Wildman–Crippen LogP) is 2.72. The second-order valence-corrected chi connectivity index (χ2v) is 8.39. The molecule has 3 N–H and O–H groups in total. The van der Waals surface area contributed by atoms with E-state index in [2.05, 4.69) is 10.6 Å². The number of carbonyl (C=O) groups is 2. The first-order valence-corrected chi connectivity index (χ1v) is 8.74. The number of hydrogen-bond acceptors (Lipinski definition) is 3. The molecule has 0 saturated carbocycles. The highest BCUT2D eigenvalue weighted by Crippen LogP contribution is 2.18. The fourth-order valence-corrected chi connectivity index (χ4v) is 2.64. The Morgan fingerprint density at radius 3 is 2.57 bits per heavy atom. The monoisotopic (exact) mass is 340 g/mol. The minimum Gasteiger partial charge on any atom is -0.481 e. The molecule has 0 radical (unpaired) electrons. The number of hydrogen-bond donors (Lipinski definition) is 3. The summed E-state index contributed by atoms with van der Waals surface area (Å²) in [5.74, 6) is -0.453. The average molecular weight is 340 g/mol. The molecule has 1 aromatic carbocycles. The first kappa shape index (κ1) is 19.2. The Morgan fingerprint density at radius 1 is 1.26 bits per heavy atom. The third kappa shape index (κ3) is 7.78. The van der Waals surface area contributed by atoms with Crippen molar-refractivity contribution < 1.29 is 18.9 Å². The van der Waals surface area contributed by atoms with E-state index in [0.717, 1.165) is 5.56 Å². The lowest BCUT2D eigenvalue weighted by Crippen LogP contribution is -2.29. The SMILES string of the molecule is CC(C)(C)S(=O)Cc1cccc(NC(=O)NCCCC(=O)O)c1. The minimum absolute atomic E-state index is 0.0222. The molecule has 0 spiro atoms. The summed E-state index contributed by atoms with van der Waals surface area (Å²) < 4.78 is 11.9. The van der Waals surface area contributed by atoms with Crippen molar-refractivity contribution in [2.75, 3.05) is 11.9 Å². The first-order chi connectivity index (χ1) is 10.7. The average Bonchev–Trinajstić information content (AvgIpc) is 2.42. The zero-order valence-corrected chi connectivity index (χ0v) is 14.5. The molecule has 0 aromatic heterocycles. The van der Waals surface area contributed by atoms with Crippen molar-refractivity contribution in [3.05, 3.63) is 29.8 Å². The van der Waals surface area contributed by atoms with Crippen LogP contribution in [-0.4, -0.2) is 32.6 Å². The fourth-order valence-electron chi connectivity index (χ4n) is 1.72. The Hall–Kier alpha value is -1.89. The number of aliphatic carboxylic acids is 1. The van der Waals surface area contributed by atoms with E-state index >= 15 is 0 Å². The van der Waals surface area contributed by atoms with Gasteiger partial charge in [0.05, 0.1) is 0 Å². The zero-order valence-electron chi connectivity index (χ0n) is 13.7. The van der Waals surface area contributed by atoms with Crippen LogP contribution in [-0.2, 0) is 21.3 Å². The van der Waals surface area contributed by atoms with Gasteiger partial charge in [-0.3, -0.25) is 9.00 Å². The van der Waals surface area contributed by atoms with E-state index in [0.29, 0.717) is 24.4 Å². The molecule has 1 unspecified atom stereocenters. The van der Waals surface area contributed by atoms with Gasteiger partial charge in [-0.2, -0.15) is 0 Å². The molecule has 23 heavy (non-hydrogen) atoms. The number of benzene rings is 1. The van der Waals surface area contributed by atoms with Crippen LogP contribution in [0.2, 0.25) is 0 Å². The predicted molar refractivity (Wildman–Crippen MR) is 91.9 cm³/mol. The lowest BCUT2D eigenvalue weighted by molar-refractivity contribution is -0.137. The maximum atomic E-state index is 12.2. The van der Waals surface area contributed by atoms with Gasteiger partial charge in [0.15, 0.2) is 0 Å². The molecular formula is C16H24N2O4S. The topological polar surface area (TPSA) is 95.5 Å². The third-order valence-electron chi connectivity index (χ3n) is 3.02. The standard InChI is InChI=1S/C16H24N2O4S/c1-16(2,3)23(22)11-12-6-4-7-13(10-12)18-15(21)17-9-5-8-14(19)20/h4,6-7,10H,5,8-9,11H2,1-3H3,(H,19,20)(H2,17,18,21). The third-order valence-corrected chi connectivity index (χ3v) is 4.98. The van der Waals surface area contributed by atoms with Gasteiger partial charge in [-0.25, -0.2) is 4.79 Å². The number of carboxylic acid groups (broad SMARTS) is 1. The summed E-state index contributed by atoms with van der Waals surface area (Å²) in [7, 11) is -1.00. The van der Waals surface area contributed by atoms with Gasteiger partial charge in [-0.15, -0.1) is 0 Å². The van der Waals surface area contributed by atoms with Crippen molar-refractivity contribution in [1.29, 1.82) is 0 Å². The van der Waals surface area contributed by atoms with Crippen molar-refractivity contribution in [2.24, 2.45) is 0 Å². The molecule has 0 heterocycles. The molecule has 0 saturated heterocycles. The second kappa shape index (κ2) is 8.67. The lowest BCUT2D eigenvalue weighted by Gasteiger charge is -2.18. The van der Waals surface area contributed by atoms with Gasteiger partial charge in [-0.1, -0.05) is 12.1 Å². The minimum atomic E-state index is -1.00. The van der Waals surface area contributed by atoms with Crippen LogP contribution in [0.1, 0.15) is 39.2 Å². The summed E-state index contributed by atoms with van der Waals surface area (Å²) in [4.78, 5) is 22.1. The number of carboxylic acids is 1. The molecule has 128 valence electrons. The summed E-state index contributed by atoms with van der Waals surface area (Å²) in [6.45, 7) is 6.08. The number of urea groups is 1. The summed E-state index contributed by atoms with van der Waals surface area (Å²) >= 11 is 0. The van der Waals surface area contributed by atoms with E-state index in [1.807, 2.05) is 26.8 Å².